The van der Waals surface area contributed by atoms with Crippen LogP contribution in [0.2, 0.25) is 5.02 Å². The lowest BCUT2D eigenvalue weighted by molar-refractivity contribution is -0.116. The molecular weight excluding hydrogens is 376 g/mol. The molecule has 0 aliphatic heterocycles. The molecule has 0 bridgehead atoms. The van der Waals surface area contributed by atoms with Crippen molar-refractivity contribution in [2.24, 2.45) is 0 Å². The van der Waals surface area contributed by atoms with E-state index < -0.39 is 10.0 Å². The second kappa shape index (κ2) is 8.53. The van der Waals surface area contributed by atoms with Crippen LogP contribution in [0.1, 0.15) is 12.5 Å². The van der Waals surface area contributed by atoms with Crippen molar-refractivity contribution in [1.29, 1.82) is 0 Å². The van der Waals surface area contributed by atoms with Gasteiger partial charge in [0, 0.05) is 25.0 Å². The number of nitrogens with zero attached hydrogens (tertiary/aromatic N) is 1. The molecule has 1 amide bonds. The fourth-order valence-corrected chi connectivity index (χ4v) is 3.98. The topological polar surface area (TPSA) is 75.7 Å². The third-order valence-electron chi connectivity index (χ3n) is 3.82. The van der Waals surface area contributed by atoms with Crippen molar-refractivity contribution >= 4 is 33.2 Å². The summed E-state index contributed by atoms with van der Waals surface area (Å²) in [6.45, 7) is 3.31. The number of halogens is 1. The molecule has 0 radical (unpaired) electrons. The van der Waals surface area contributed by atoms with Gasteiger partial charge >= 0.3 is 0 Å². The predicted molar refractivity (Wildman–Crippen MR) is 102 cm³/mol. The first-order valence-corrected chi connectivity index (χ1v) is 9.79. The highest BCUT2D eigenvalue weighted by atomic mass is 35.5. The number of hydrogen-bond acceptors (Lipinski definition) is 4. The van der Waals surface area contributed by atoms with Gasteiger partial charge in [-0.3, -0.25) is 4.79 Å². The molecule has 0 aromatic heterocycles. The fraction of sp³-hybridized carbons (Fsp3) is 0.278. The Hall–Kier alpha value is -2.09. The highest BCUT2D eigenvalue weighted by Crippen LogP contribution is 2.31. The van der Waals surface area contributed by atoms with Gasteiger partial charge in [-0.25, -0.2) is 13.1 Å². The van der Waals surface area contributed by atoms with Crippen molar-refractivity contribution in [1.82, 2.24) is 4.72 Å². The molecule has 0 spiro atoms. The highest BCUT2D eigenvalue weighted by molar-refractivity contribution is 7.89. The summed E-state index contributed by atoms with van der Waals surface area (Å²) in [5.41, 5.74) is 1.14. The van der Waals surface area contributed by atoms with Gasteiger partial charge in [0.05, 0.1) is 17.7 Å². The van der Waals surface area contributed by atoms with E-state index in [0.717, 1.165) is 0 Å². The zero-order valence-electron chi connectivity index (χ0n) is 14.8. The van der Waals surface area contributed by atoms with Gasteiger partial charge < -0.3 is 9.64 Å². The molecule has 2 rings (SSSR count). The average molecular weight is 397 g/mol. The lowest BCUT2D eigenvalue weighted by atomic mass is 10.2. The summed E-state index contributed by atoms with van der Waals surface area (Å²) in [7, 11) is -2.17. The van der Waals surface area contributed by atoms with E-state index in [9.17, 15) is 13.2 Å². The van der Waals surface area contributed by atoms with Crippen molar-refractivity contribution in [3.8, 4) is 5.75 Å². The quantitative estimate of drug-likeness (QED) is 0.780. The van der Waals surface area contributed by atoms with Crippen LogP contribution in [0.4, 0.5) is 5.69 Å². The Labute approximate surface area is 158 Å². The molecule has 0 heterocycles. The molecule has 2 aromatic carbocycles. The summed E-state index contributed by atoms with van der Waals surface area (Å²) in [6, 6.07) is 11.6. The zero-order valence-corrected chi connectivity index (χ0v) is 16.4. The van der Waals surface area contributed by atoms with Gasteiger partial charge in [-0.2, -0.15) is 0 Å². The van der Waals surface area contributed by atoms with Crippen molar-refractivity contribution in [3.63, 3.8) is 0 Å². The molecular formula is C18H21ClN2O4S. The van der Waals surface area contributed by atoms with Crippen LogP contribution in [0.5, 0.6) is 5.75 Å². The van der Waals surface area contributed by atoms with E-state index >= 15 is 0 Å². The number of carbonyl (C=O) groups excluding carboxylic acids is 1. The number of amides is 1. The van der Waals surface area contributed by atoms with Crippen LogP contribution in [0, 0.1) is 6.92 Å². The maximum absolute atomic E-state index is 12.5. The fourth-order valence-electron chi connectivity index (χ4n) is 2.55. The second-order valence-corrected chi connectivity index (χ2v) is 7.82. The van der Waals surface area contributed by atoms with Gasteiger partial charge in [0.15, 0.2) is 0 Å². The van der Waals surface area contributed by atoms with E-state index in [1.54, 1.807) is 49.4 Å². The number of sulfonamides is 1. The first kappa shape index (κ1) is 20.2. The number of anilines is 1. The average Bonchev–Trinajstić information content (AvgIpc) is 2.58. The number of benzene rings is 2. The largest absolute Gasteiger partial charge is 0.495 e. The van der Waals surface area contributed by atoms with Gasteiger partial charge in [-0.1, -0.05) is 29.8 Å². The molecule has 1 N–H and O–H groups in total. The molecule has 0 aliphatic carbocycles. The number of rotatable bonds is 7. The Balaban J connectivity index is 2.17. The first-order chi connectivity index (χ1) is 12.3. The Morgan fingerprint density at radius 3 is 2.54 bits per heavy atom. The van der Waals surface area contributed by atoms with Crippen LogP contribution in [-0.4, -0.2) is 34.5 Å². The van der Waals surface area contributed by atoms with Crippen LogP contribution in [0.15, 0.2) is 47.4 Å². The molecule has 0 unspecified atom stereocenters. The smallest absolute Gasteiger partial charge is 0.240 e. The maximum atomic E-state index is 12.5. The summed E-state index contributed by atoms with van der Waals surface area (Å²) < 4.78 is 32.7. The Morgan fingerprint density at radius 1 is 1.23 bits per heavy atom. The summed E-state index contributed by atoms with van der Waals surface area (Å²) in [4.78, 5) is 13.7. The highest BCUT2D eigenvalue weighted by Gasteiger charge is 2.19. The standard InChI is InChI=1S/C18H21ClN2O4S/c1-13-6-4-5-7-18(13)26(23,24)20-10-11-21(14(2)22)16-12-15(19)8-9-17(16)25-3/h4-9,12,20H,10-11H2,1-3H3. The second-order valence-electron chi connectivity index (χ2n) is 5.65. The first-order valence-electron chi connectivity index (χ1n) is 7.93. The zero-order chi connectivity index (χ0) is 19.3. The number of hydrogen-bond donors (Lipinski definition) is 1. The molecule has 2 aromatic rings. The molecule has 0 saturated carbocycles. The Morgan fingerprint density at radius 2 is 1.92 bits per heavy atom. The summed E-state index contributed by atoms with van der Waals surface area (Å²) in [5, 5.41) is 0.451. The van der Waals surface area contributed by atoms with Gasteiger partial charge in [0.1, 0.15) is 5.75 Å². The molecule has 0 aliphatic rings. The van der Waals surface area contributed by atoms with Gasteiger partial charge in [-0.15, -0.1) is 0 Å². The molecule has 0 saturated heterocycles. The predicted octanol–water partition coefficient (Wildman–Crippen LogP) is 2.99. The Kier molecular flexibility index (Phi) is 6.63. The van der Waals surface area contributed by atoms with E-state index in [4.69, 9.17) is 16.3 Å². The number of methoxy groups -OCH3 is 1. The van der Waals surface area contributed by atoms with Gasteiger partial charge in [0.2, 0.25) is 15.9 Å². The molecule has 8 heteroatoms. The van der Waals surface area contributed by atoms with Crippen LogP contribution in [0.25, 0.3) is 0 Å². The molecule has 26 heavy (non-hydrogen) atoms. The molecule has 0 fully saturated rings. The van der Waals surface area contributed by atoms with Crippen molar-refractivity contribution in [2.75, 3.05) is 25.1 Å². The van der Waals surface area contributed by atoms with Crippen molar-refractivity contribution in [3.05, 3.63) is 53.1 Å². The van der Waals surface area contributed by atoms with Crippen molar-refractivity contribution < 1.29 is 17.9 Å². The monoisotopic (exact) mass is 396 g/mol. The van der Waals surface area contributed by atoms with Gasteiger partial charge in [0.25, 0.3) is 0 Å². The Bertz CT molecular complexity index is 900. The number of carbonyl (C=O) groups is 1. The minimum atomic E-state index is -3.66. The van der Waals surface area contributed by atoms with Crippen LogP contribution in [-0.2, 0) is 14.8 Å². The third kappa shape index (κ3) is 4.75. The normalized spacial score (nSPS) is 11.2. The van der Waals surface area contributed by atoms with E-state index in [1.165, 1.54) is 18.9 Å². The lowest BCUT2D eigenvalue weighted by Gasteiger charge is -2.23. The van der Waals surface area contributed by atoms with E-state index in [-0.39, 0.29) is 23.9 Å². The van der Waals surface area contributed by atoms with E-state index in [2.05, 4.69) is 4.72 Å². The van der Waals surface area contributed by atoms with E-state index in [1.807, 2.05) is 0 Å². The summed E-state index contributed by atoms with van der Waals surface area (Å²) in [6.07, 6.45) is 0. The lowest BCUT2D eigenvalue weighted by Crippen LogP contribution is -2.37. The minimum Gasteiger partial charge on any atom is -0.495 e. The molecule has 140 valence electrons. The minimum absolute atomic E-state index is 0.0475. The van der Waals surface area contributed by atoms with Crippen LogP contribution < -0.4 is 14.4 Å². The summed E-state index contributed by atoms with van der Waals surface area (Å²) >= 11 is 6.02. The maximum Gasteiger partial charge on any atom is 0.240 e. The number of aryl methyl sites for hydroxylation is 1. The SMILES string of the molecule is COc1ccc(Cl)cc1N(CCNS(=O)(=O)c1ccccc1C)C(C)=O. The molecule has 6 nitrogen and oxygen atoms in total. The molecule has 0 atom stereocenters. The number of ether oxygens (including phenoxy) is 1. The van der Waals surface area contributed by atoms with Crippen molar-refractivity contribution in [2.45, 2.75) is 18.7 Å². The van der Waals surface area contributed by atoms with Crippen LogP contribution in [0.3, 0.4) is 0 Å². The van der Waals surface area contributed by atoms with Gasteiger partial charge in [-0.05, 0) is 36.8 Å². The number of nitrogens with one attached hydrogen (secondary N) is 1. The van der Waals surface area contributed by atoms with Crippen LogP contribution >= 0.6 is 11.6 Å². The van der Waals surface area contributed by atoms with E-state index in [0.29, 0.717) is 22.0 Å². The third-order valence-corrected chi connectivity index (χ3v) is 5.68. The summed E-state index contributed by atoms with van der Waals surface area (Å²) in [5.74, 6) is 0.229.